The predicted octanol–water partition coefficient (Wildman–Crippen LogP) is 1.93. The summed E-state index contributed by atoms with van der Waals surface area (Å²) in [5.74, 6) is 0.274. The van der Waals surface area contributed by atoms with E-state index in [0.29, 0.717) is 16.9 Å². The van der Waals surface area contributed by atoms with Crippen LogP contribution in [0.25, 0.3) is 22.4 Å². The summed E-state index contributed by atoms with van der Waals surface area (Å²) < 4.78 is 7.38. The van der Waals surface area contributed by atoms with Crippen molar-refractivity contribution in [2.24, 2.45) is 14.1 Å². The van der Waals surface area contributed by atoms with Gasteiger partial charge in [-0.2, -0.15) is 0 Å². The van der Waals surface area contributed by atoms with Crippen molar-refractivity contribution < 1.29 is 9.53 Å². The zero-order valence-corrected chi connectivity index (χ0v) is 16.6. The Kier molecular flexibility index (Phi) is 4.75. The Balaban J connectivity index is 2.07. The van der Waals surface area contributed by atoms with Crippen molar-refractivity contribution in [2.75, 3.05) is 7.11 Å². The fourth-order valence-corrected chi connectivity index (χ4v) is 3.20. The van der Waals surface area contributed by atoms with Crippen LogP contribution >= 0.6 is 0 Å². The number of carbonyl (C=O) groups excluding carboxylic acids is 1. The second-order valence-electron chi connectivity index (χ2n) is 6.72. The molecule has 4 rings (SSSR count). The lowest BCUT2D eigenvalue weighted by Crippen LogP contribution is -2.38. The number of rotatable bonds is 4. The molecule has 0 aliphatic heterocycles. The van der Waals surface area contributed by atoms with Gasteiger partial charge in [0.25, 0.3) is 5.56 Å². The third-order valence-corrected chi connectivity index (χ3v) is 4.89. The number of fused-ring (bicyclic) bond motifs is 1. The maximum atomic E-state index is 13.3. The molecule has 0 N–H and O–H groups in total. The Hall–Kier alpha value is -4.07. The number of methoxy groups -OCH3 is 1. The first-order chi connectivity index (χ1) is 14.4. The van der Waals surface area contributed by atoms with Gasteiger partial charge in [0.2, 0.25) is 5.78 Å². The average Bonchev–Trinajstić information content (AvgIpc) is 2.80. The first kappa shape index (κ1) is 19.3. The summed E-state index contributed by atoms with van der Waals surface area (Å²) in [4.78, 5) is 47.2. The van der Waals surface area contributed by atoms with E-state index in [9.17, 15) is 14.4 Å². The number of aryl methyl sites for hydroxylation is 1. The van der Waals surface area contributed by atoms with Gasteiger partial charge in [0.15, 0.2) is 11.2 Å². The van der Waals surface area contributed by atoms with E-state index in [1.54, 1.807) is 61.7 Å². The third-order valence-electron chi connectivity index (χ3n) is 4.89. The van der Waals surface area contributed by atoms with Crippen LogP contribution in [0.4, 0.5) is 0 Å². The summed E-state index contributed by atoms with van der Waals surface area (Å²) >= 11 is 0. The van der Waals surface area contributed by atoms with E-state index < -0.39 is 11.2 Å². The summed E-state index contributed by atoms with van der Waals surface area (Å²) in [5.41, 5.74) is 0.278. The minimum absolute atomic E-state index is 0.0367. The molecule has 8 nitrogen and oxygen atoms in total. The van der Waals surface area contributed by atoms with Crippen LogP contribution < -0.4 is 16.0 Å². The molecule has 0 aliphatic rings. The molecule has 0 radical (unpaired) electrons. The zero-order chi connectivity index (χ0) is 21.4. The third kappa shape index (κ3) is 3.08. The molecule has 0 spiro atoms. The highest BCUT2D eigenvalue weighted by atomic mass is 16.5. The maximum absolute atomic E-state index is 13.3. The minimum Gasteiger partial charge on any atom is -0.497 e. The number of hydrogen-bond acceptors (Lipinski definition) is 6. The van der Waals surface area contributed by atoms with Crippen molar-refractivity contribution >= 4 is 16.9 Å². The molecule has 0 atom stereocenters. The topological polar surface area (TPSA) is 96.1 Å². The second kappa shape index (κ2) is 7.40. The van der Waals surface area contributed by atoms with Crippen LogP contribution in [0.2, 0.25) is 0 Å². The Morgan fingerprint density at radius 1 is 0.900 bits per heavy atom. The SMILES string of the molecule is COc1ccc(-c2nc3c(nc2C(=O)c2ccccc2)c(=O)n(C)c(=O)n3C)cc1. The van der Waals surface area contributed by atoms with Gasteiger partial charge in [0, 0.05) is 25.2 Å². The van der Waals surface area contributed by atoms with Crippen molar-refractivity contribution in [2.45, 2.75) is 0 Å². The van der Waals surface area contributed by atoms with Gasteiger partial charge >= 0.3 is 5.69 Å². The van der Waals surface area contributed by atoms with E-state index in [4.69, 9.17) is 4.74 Å². The smallest absolute Gasteiger partial charge is 0.332 e. The molecule has 4 aromatic rings. The highest BCUT2D eigenvalue weighted by Crippen LogP contribution is 2.26. The van der Waals surface area contributed by atoms with Gasteiger partial charge < -0.3 is 4.74 Å². The summed E-state index contributed by atoms with van der Waals surface area (Å²) in [5, 5.41) is 0. The summed E-state index contributed by atoms with van der Waals surface area (Å²) in [6.45, 7) is 0. The van der Waals surface area contributed by atoms with E-state index in [0.717, 1.165) is 4.57 Å². The minimum atomic E-state index is -0.607. The molecule has 0 fully saturated rings. The first-order valence-electron chi connectivity index (χ1n) is 9.14. The fraction of sp³-hybridized carbons (Fsp3) is 0.136. The standard InChI is InChI=1S/C22H18N4O4/c1-25-20-18(21(28)26(2)22(25)29)23-17(19(27)14-7-5-4-6-8-14)16(24-20)13-9-11-15(30-3)12-10-13/h4-12H,1-3H3. The molecule has 0 saturated carbocycles. The van der Waals surface area contributed by atoms with E-state index in [2.05, 4.69) is 9.97 Å². The van der Waals surface area contributed by atoms with Gasteiger partial charge in [-0.1, -0.05) is 30.3 Å². The quantitative estimate of drug-likeness (QED) is 0.484. The van der Waals surface area contributed by atoms with Crippen LogP contribution in [-0.4, -0.2) is 32.0 Å². The van der Waals surface area contributed by atoms with Crippen LogP contribution in [0.15, 0.2) is 64.2 Å². The highest BCUT2D eigenvalue weighted by molar-refractivity contribution is 6.11. The van der Waals surface area contributed by atoms with Gasteiger partial charge in [-0.15, -0.1) is 0 Å². The van der Waals surface area contributed by atoms with Crippen molar-refractivity contribution in [1.29, 1.82) is 0 Å². The Morgan fingerprint density at radius 2 is 1.57 bits per heavy atom. The van der Waals surface area contributed by atoms with Crippen molar-refractivity contribution in [3.05, 3.63) is 86.7 Å². The van der Waals surface area contributed by atoms with E-state index in [1.807, 2.05) is 0 Å². The Bertz CT molecular complexity index is 1390. The van der Waals surface area contributed by atoms with E-state index in [-0.39, 0.29) is 28.3 Å². The predicted molar refractivity (Wildman–Crippen MR) is 112 cm³/mol. The normalized spacial score (nSPS) is 10.9. The average molecular weight is 402 g/mol. The second-order valence-corrected chi connectivity index (χ2v) is 6.72. The van der Waals surface area contributed by atoms with Gasteiger partial charge in [0.05, 0.1) is 7.11 Å². The molecule has 8 heteroatoms. The first-order valence-corrected chi connectivity index (χ1v) is 9.14. The largest absolute Gasteiger partial charge is 0.497 e. The molecule has 2 heterocycles. The van der Waals surface area contributed by atoms with Gasteiger partial charge in [-0.05, 0) is 24.3 Å². The van der Waals surface area contributed by atoms with Gasteiger partial charge in [-0.3, -0.25) is 18.7 Å². The monoisotopic (exact) mass is 402 g/mol. The molecule has 2 aromatic heterocycles. The summed E-state index contributed by atoms with van der Waals surface area (Å²) in [6.07, 6.45) is 0. The summed E-state index contributed by atoms with van der Waals surface area (Å²) in [6, 6.07) is 15.6. The lowest BCUT2D eigenvalue weighted by atomic mass is 10.0. The van der Waals surface area contributed by atoms with E-state index >= 15 is 0 Å². The van der Waals surface area contributed by atoms with Gasteiger partial charge in [-0.25, -0.2) is 14.8 Å². The number of nitrogens with zero attached hydrogens (tertiary/aromatic N) is 4. The van der Waals surface area contributed by atoms with Crippen molar-refractivity contribution in [3.63, 3.8) is 0 Å². The lowest BCUT2D eigenvalue weighted by molar-refractivity contribution is 0.103. The van der Waals surface area contributed by atoms with Crippen LogP contribution in [0.3, 0.4) is 0 Å². The number of carbonyl (C=O) groups is 1. The number of ketones is 1. The molecular weight excluding hydrogens is 384 g/mol. The maximum Gasteiger partial charge on any atom is 0.332 e. The van der Waals surface area contributed by atoms with Crippen molar-refractivity contribution in [3.8, 4) is 17.0 Å². The molecular formula is C22H18N4O4. The van der Waals surface area contributed by atoms with Gasteiger partial charge in [0.1, 0.15) is 17.1 Å². The zero-order valence-electron chi connectivity index (χ0n) is 16.6. The molecule has 0 bridgehead atoms. The molecule has 2 aromatic carbocycles. The number of benzene rings is 2. The van der Waals surface area contributed by atoms with Crippen LogP contribution in [-0.2, 0) is 14.1 Å². The fourth-order valence-electron chi connectivity index (χ4n) is 3.20. The molecule has 0 unspecified atom stereocenters. The summed E-state index contributed by atoms with van der Waals surface area (Å²) in [7, 11) is 4.43. The Morgan fingerprint density at radius 3 is 2.20 bits per heavy atom. The number of hydrogen-bond donors (Lipinski definition) is 0. The Labute approximate surface area is 171 Å². The lowest BCUT2D eigenvalue weighted by Gasteiger charge is -2.12. The van der Waals surface area contributed by atoms with Crippen LogP contribution in [0.1, 0.15) is 16.1 Å². The molecule has 0 amide bonds. The molecule has 0 saturated heterocycles. The molecule has 150 valence electrons. The van der Waals surface area contributed by atoms with Crippen LogP contribution in [0.5, 0.6) is 5.75 Å². The van der Waals surface area contributed by atoms with E-state index in [1.165, 1.54) is 18.7 Å². The molecule has 0 aliphatic carbocycles. The number of aromatic nitrogens is 4. The highest BCUT2D eigenvalue weighted by Gasteiger charge is 2.22. The van der Waals surface area contributed by atoms with Crippen LogP contribution in [0, 0.1) is 0 Å². The number of ether oxygens (including phenoxy) is 1. The van der Waals surface area contributed by atoms with Crippen molar-refractivity contribution in [1.82, 2.24) is 19.1 Å². The molecule has 30 heavy (non-hydrogen) atoms.